The molecule has 1 aliphatic rings. The summed E-state index contributed by atoms with van der Waals surface area (Å²) in [6, 6.07) is 15.4. The Labute approximate surface area is 172 Å². The van der Waals surface area contributed by atoms with Crippen LogP contribution in [0.15, 0.2) is 48.5 Å². The minimum atomic E-state index is -0.184. The highest BCUT2D eigenvalue weighted by molar-refractivity contribution is 5.91. The third kappa shape index (κ3) is 6.91. The minimum Gasteiger partial charge on any atom is -0.484 e. The van der Waals surface area contributed by atoms with E-state index in [9.17, 15) is 9.59 Å². The third-order valence-electron chi connectivity index (χ3n) is 4.91. The fourth-order valence-electron chi connectivity index (χ4n) is 3.25. The number of nitrogens with zero attached hydrogens (tertiary/aromatic N) is 1. The summed E-state index contributed by atoms with van der Waals surface area (Å²) in [5, 5.41) is 6.21. The molecule has 0 aromatic heterocycles. The maximum absolute atomic E-state index is 12.0. The van der Waals surface area contributed by atoms with Crippen molar-refractivity contribution >= 4 is 17.5 Å². The zero-order valence-corrected chi connectivity index (χ0v) is 16.9. The third-order valence-corrected chi connectivity index (χ3v) is 4.91. The quantitative estimate of drug-likeness (QED) is 0.607. The minimum absolute atomic E-state index is 0.0271. The van der Waals surface area contributed by atoms with E-state index in [0.29, 0.717) is 12.2 Å². The van der Waals surface area contributed by atoms with Crippen LogP contribution >= 0.6 is 0 Å². The average molecular weight is 396 g/mol. The number of amides is 2. The molecule has 0 saturated carbocycles. The Bertz CT molecular complexity index is 803. The highest BCUT2D eigenvalue weighted by atomic mass is 16.5. The normalized spacial score (nSPS) is 13.6. The number of carbonyl (C=O) groups is 2. The largest absolute Gasteiger partial charge is 0.484 e. The van der Waals surface area contributed by atoms with Crippen molar-refractivity contribution in [3.05, 3.63) is 59.7 Å². The number of carbonyl (C=O) groups excluding carboxylic acids is 2. The van der Waals surface area contributed by atoms with E-state index in [1.807, 2.05) is 60.4 Å². The molecule has 0 unspecified atom stereocenters. The van der Waals surface area contributed by atoms with Crippen LogP contribution < -0.4 is 15.4 Å². The molecule has 0 aliphatic carbocycles. The highest BCUT2D eigenvalue weighted by Gasteiger charge is 2.18. The van der Waals surface area contributed by atoms with Crippen LogP contribution in [0.5, 0.6) is 5.75 Å². The molecule has 2 amide bonds. The molecule has 154 valence electrons. The van der Waals surface area contributed by atoms with Gasteiger partial charge in [0.05, 0.1) is 0 Å². The van der Waals surface area contributed by atoms with Crippen molar-refractivity contribution in [3.63, 3.8) is 0 Å². The van der Waals surface area contributed by atoms with Crippen LogP contribution in [-0.4, -0.2) is 43.0 Å². The monoisotopic (exact) mass is 395 g/mol. The summed E-state index contributed by atoms with van der Waals surface area (Å²) in [6.45, 7) is 5.36. The van der Waals surface area contributed by atoms with Crippen molar-refractivity contribution in [3.8, 4) is 5.75 Å². The van der Waals surface area contributed by atoms with Crippen molar-refractivity contribution in [2.75, 3.05) is 31.6 Å². The van der Waals surface area contributed by atoms with Gasteiger partial charge >= 0.3 is 0 Å². The molecule has 3 rings (SSSR count). The molecular weight excluding hydrogens is 366 g/mol. The molecule has 6 heteroatoms. The first kappa shape index (κ1) is 20.9. The van der Waals surface area contributed by atoms with Crippen LogP contribution in [-0.2, 0) is 16.1 Å². The Morgan fingerprint density at radius 2 is 1.86 bits per heavy atom. The Kier molecular flexibility index (Phi) is 7.64. The summed E-state index contributed by atoms with van der Waals surface area (Å²) >= 11 is 0. The molecule has 1 fully saturated rings. The van der Waals surface area contributed by atoms with Crippen molar-refractivity contribution in [1.29, 1.82) is 0 Å². The van der Waals surface area contributed by atoms with Crippen LogP contribution in [0.2, 0.25) is 0 Å². The first-order valence-corrected chi connectivity index (χ1v) is 10.2. The van der Waals surface area contributed by atoms with Gasteiger partial charge in [0.2, 0.25) is 5.91 Å². The zero-order chi connectivity index (χ0) is 20.5. The fraction of sp³-hybridized carbons (Fsp3) is 0.391. The van der Waals surface area contributed by atoms with Crippen molar-refractivity contribution in [2.45, 2.75) is 32.7 Å². The van der Waals surface area contributed by atoms with Gasteiger partial charge in [-0.15, -0.1) is 0 Å². The molecule has 1 heterocycles. The van der Waals surface area contributed by atoms with Crippen LogP contribution in [0, 0.1) is 6.92 Å². The summed E-state index contributed by atoms with van der Waals surface area (Å²) in [6.07, 6.45) is 2.66. The number of nitrogens with one attached hydrogen (secondary N) is 2. The van der Waals surface area contributed by atoms with Gasteiger partial charge in [0.1, 0.15) is 5.75 Å². The number of aryl methyl sites for hydroxylation is 1. The van der Waals surface area contributed by atoms with E-state index in [-0.39, 0.29) is 18.4 Å². The molecule has 1 saturated heterocycles. The van der Waals surface area contributed by atoms with Gasteiger partial charge in [-0.05, 0) is 56.1 Å². The second kappa shape index (κ2) is 10.6. The highest BCUT2D eigenvalue weighted by Crippen LogP contribution is 2.13. The predicted molar refractivity (Wildman–Crippen MR) is 114 cm³/mol. The first-order valence-electron chi connectivity index (χ1n) is 10.2. The van der Waals surface area contributed by atoms with Gasteiger partial charge < -0.3 is 20.3 Å². The molecule has 2 N–H and O–H groups in total. The number of ether oxygens (including phenoxy) is 1. The van der Waals surface area contributed by atoms with Gasteiger partial charge in [-0.25, -0.2) is 0 Å². The van der Waals surface area contributed by atoms with Gasteiger partial charge in [-0.1, -0.05) is 29.8 Å². The molecular formula is C23H29N3O3. The molecule has 29 heavy (non-hydrogen) atoms. The Balaban J connectivity index is 1.31. The Morgan fingerprint density at radius 3 is 2.55 bits per heavy atom. The second-order valence-electron chi connectivity index (χ2n) is 7.36. The maximum Gasteiger partial charge on any atom is 0.262 e. The van der Waals surface area contributed by atoms with Crippen molar-refractivity contribution in [2.24, 2.45) is 0 Å². The number of rotatable bonds is 10. The van der Waals surface area contributed by atoms with E-state index in [4.69, 9.17) is 4.74 Å². The SMILES string of the molecule is Cc1ccc(NC(=O)COc2ccc(CNCCCN3CCCC3=O)cc2)cc1. The van der Waals surface area contributed by atoms with Gasteiger partial charge in [0.15, 0.2) is 6.61 Å². The molecule has 0 spiro atoms. The number of hydrogen-bond donors (Lipinski definition) is 2. The maximum atomic E-state index is 12.0. The number of anilines is 1. The number of benzene rings is 2. The van der Waals surface area contributed by atoms with Gasteiger partial charge in [-0.3, -0.25) is 9.59 Å². The van der Waals surface area contributed by atoms with Crippen LogP contribution in [0.4, 0.5) is 5.69 Å². The van der Waals surface area contributed by atoms with Crippen molar-refractivity contribution < 1.29 is 14.3 Å². The topological polar surface area (TPSA) is 70.7 Å². The first-order chi connectivity index (χ1) is 14.1. The summed E-state index contributed by atoms with van der Waals surface area (Å²) in [4.78, 5) is 25.5. The van der Waals surface area contributed by atoms with E-state index < -0.39 is 0 Å². The number of likely N-dealkylation sites (tertiary alicyclic amines) is 1. The molecule has 0 atom stereocenters. The van der Waals surface area contributed by atoms with E-state index >= 15 is 0 Å². The lowest BCUT2D eigenvalue weighted by Crippen LogP contribution is -2.28. The molecule has 6 nitrogen and oxygen atoms in total. The lowest BCUT2D eigenvalue weighted by atomic mass is 10.2. The molecule has 1 aliphatic heterocycles. The van der Waals surface area contributed by atoms with Crippen LogP contribution in [0.3, 0.4) is 0 Å². The molecule has 0 bridgehead atoms. The molecule has 2 aromatic rings. The Morgan fingerprint density at radius 1 is 1.10 bits per heavy atom. The summed E-state index contributed by atoms with van der Waals surface area (Å²) in [5.41, 5.74) is 3.06. The van der Waals surface area contributed by atoms with Gasteiger partial charge in [0, 0.05) is 31.7 Å². The molecule has 0 radical (unpaired) electrons. The standard InChI is InChI=1S/C23H29N3O3/c1-18-5-9-20(10-6-18)25-22(27)17-29-21-11-7-19(8-12-21)16-24-13-3-15-26-14-2-4-23(26)28/h5-12,24H,2-4,13-17H2,1H3,(H,25,27). The van der Waals surface area contributed by atoms with E-state index in [0.717, 1.165) is 55.8 Å². The summed E-state index contributed by atoms with van der Waals surface area (Å²) in [5.74, 6) is 0.768. The fourth-order valence-corrected chi connectivity index (χ4v) is 3.25. The lowest BCUT2D eigenvalue weighted by molar-refractivity contribution is -0.127. The number of hydrogen-bond acceptors (Lipinski definition) is 4. The van der Waals surface area contributed by atoms with Crippen LogP contribution in [0.1, 0.15) is 30.4 Å². The van der Waals surface area contributed by atoms with E-state index in [2.05, 4.69) is 10.6 Å². The zero-order valence-electron chi connectivity index (χ0n) is 16.9. The predicted octanol–water partition coefficient (Wildman–Crippen LogP) is 3.11. The van der Waals surface area contributed by atoms with Crippen LogP contribution in [0.25, 0.3) is 0 Å². The average Bonchev–Trinajstić information content (AvgIpc) is 3.13. The van der Waals surface area contributed by atoms with E-state index in [1.54, 1.807) is 0 Å². The van der Waals surface area contributed by atoms with Gasteiger partial charge in [-0.2, -0.15) is 0 Å². The lowest BCUT2D eigenvalue weighted by Gasteiger charge is -2.15. The van der Waals surface area contributed by atoms with E-state index in [1.165, 1.54) is 0 Å². The Hall–Kier alpha value is -2.86. The summed E-state index contributed by atoms with van der Waals surface area (Å²) in [7, 11) is 0. The second-order valence-corrected chi connectivity index (χ2v) is 7.36. The van der Waals surface area contributed by atoms with Gasteiger partial charge in [0.25, 0.3) is 5.91 Å². The molecule has 2 aromatic carbocycles. The summed E-state index contributed by atoms with van der Waals surface area (Å²) < 4.78 is 5.56. The van der Waals surface area contributed by atoms with Crippen molar-refractivity contribution in [1.82, 2.24) is 10.2 Å². The smallest absolute Gasteiger partial charge is 0.262 e.